The lowest BCUT2D eigenvalue weighted by atomic mass is 10.0. The molecule has 1 aliphatic rings. The Hall–Kier alpha value is -1.29. The molecule has 1 aliphatic heterocycles. The lowest BCUT2D eigenvalue weighted by Gasteiger charge is -2.29. The predicted molar refractivity (Wildman–Crippen MR) is 69.6 cm³/mol. The van der Waals surface area contributed by atoms with E-state index in [2.05, 4.69) is 22.5 Å². The highest BCUT2D eigenvalue weighted by Crippen LogP contribution is 2.26. The van der Waals surface area contributed by atoms with Crippen molar-refractivity contribution in [3.8, 4) is 5.75 Å². The normalized spacial score (nSPS) is 24.4. The first-order chi connectivity index (χ1) is 8.19. The van der Waals surface area contributed by atoms with E-state index in [1.807, 2.05) is 13.0 Å². The molecule has 1 aromatic rings. The van der Waals surface area contributed by atoms with E-state index in [1.165, 1.54) is 0 Å². The van der Waals surface area contributed by atoms with E-state index in [-0.39, 0.29) is 0 Å². The van der Waals surface area contributed by atoms with E-state index in [9.17, 15) is 0 Å². The van der Waals surface area contributed by atoms with E-state index in [4.69, 9.17) is 4.74 Å². The van der Waals surface area contributed by atoms with Gasteiger partial charge in [0, 0.05) is 17.8 Å². The summed E-state index contributed by atoms with van der Waals surface area (Å²) >= 11 is 0. The van der Waals surface area contributed by atoms with Crippen LogP contribution in [0.3, 0.4) is 0 Å². The Morgan fingerprint density at radius 3 is 3.06 bits per heavy atom. The lowest BCUT2D eigenvalue weighted by molar-refractivity contribution is 0.390. The maximum absolute atomic E-state index is 5.33. The smallest absolute Gasteiger partial charge is 0.160 e. The number of hydrogen-bond acceptors (Lipinski definition) is 4. The molecule has 4 heteroatoms. The zero-order chi connectivity index (χ0) is 12.3. The van der Waals surface area contributed by atoms with Crippen LogP contribution in [0.1, 0.15) is 25.5 Å². The summed E-state index contributed by atoms with van der Waals surface area (Å²) in [5, 5.41) is 7.02. The average molecular weight is 235 g/mol. The summed E-state index contributed by atoms with van der Waals surface area (Å²) < 4.78 is 5.33. The van der Waals surface area contributed by atoms with Gasteiger partial charge in [0.05, 0.1) is 19.0 Å². The Morgan fingerprint density at radius 1 is 1.53 bits per heavy atom. The number of hydrogen-bond donors (Lipinski definition) is 2. The highest BCUT2D eigenvalue weighted by Gasteiger charge is 2.19. The Morgan fingerprint density at radius 2 is 2.35 bits per heavy atom. The highest BCUT2D eigenvalue weighted by atomic mass is 16.5. The molecule has 17 heavy (non-hydrogen) atoms. The van der Waals surface area contributed by atoms with E-state index < -0.39 is 0 Å². The van der Waals surface area contributed by atoms with E-state index in [1.54, 1.807) is 13.3 Å². The molecule has 0 aromatic carbocycles. The molecule has 1 aromatic heterocycles. The molecule has 1 fully saturated rings. The summed E-state index contributed by atoms with van der Waals surface area (Å²) in [5.41, 5.74) is 2.06. The van der Waals surface area contributed by atoms with Crippen LogP contribution >= 0.6 is 0 Å². The second-order valence-corrected chi connectivity index (χ2v) is 4.75. The van der Waals surface area contributed by atoms with Crippen LogP contribution < -0.4 is 15.4 Å². The van der Waals surface area contributed by atoms with Crippen LogP contribution in [-0.2, 0) is 0 Å². The molecule has 1 saturated heterocycles. The number of aromatic nitrogens is 1. The van der Waals surface area contributed by atoms with Gasteiger partial charge in [-0.1, -0.05) is 0 Å². The molecule has 0 bridgehead atoms. The number of ether oxygens (including phenoxy) is 1. The van der Waals surface area contributed by atoms with Crippen molar-refractivity contribution in [2.45, 2.75) is 38.8 Å². The number of pyridine rings is 1. The van der Waals surface area contributed by atoms with Crippen LogP contribution in [0.5, 0.6) is 5.75 Å². The molecule has 0 saturated carbocycles. The molecule has 0 radical (unpaired) electrons. The third-order valence-corrected chi connectivity index (χ3v) is 3.21. The summed E-state index contributed by atoms with van der Waals surface area (Å²) in [6, 6.07) is 3.14. The van der Waals surface area contributed by atoms with Crippen molar-refractivity contribution < 1.29 is 4.74 Å². The van der Waals surface area contributed by atoms with Crippen molar-refractivity contribution in [1.29, 1.82) is 0 Å². The molecule has 2 heterocycles. The van der Waals surface area contributed by atoms with Crippen molar-refractivity contribution in [1.82, 2.24) is 10.3 Å². The fourth-order valence-electron chi connectivity index (χ4n) is 2.31. The Bertz CT molecular complexity index is 381. The Labute approximate surface area is 103 Å². The van der Waals surface area contributed by atoms with Crippen LogP contribution in [0.15, 0.2) is 12.3 Å². The molecule has 0 amide bonds. The maximum atomic E-state index is 5.33. The third-order valence-electron chi connectivity index (χ3n) is 3.21. The quantitative estimate of drug-likeness (QED) is 0.840. The molecule has 2 rings (SSSR count). The minimum absolute atomic E-state index is 0.516. The van der Waals surface area contributed by atoms with Crippen LogP contribution in [0.25, 0.3) is 0 Å². The maximum Gasteiger partial charge on any atom is 0.160 e. The summed E-state index contributed by atoms with van der Waals surface area (Å²) in [4.78, 5) is 4.24. The number of rotatable bonds is 3. The minimum Gasteiger partial charge on any atom is -0.493 e. The average Bonchev–Trinajstić information content (AvgIpc) is 2.29. The van der Waals surface area contributed by atoms with E-state index >= 15 is 0 Å². The first-order valence-corrected chi connectivity index (χ1v) is 6.19. The van der Waals surface area contributed by atoms with Crippen molar-refractivity contribution >= 4 is 5.69 Å². The monoisotopic (exact) mass is 235 g/mol. The molecule has 4 nitrogen and oxygen atoms in total. The van der Waals surface area contributed by atoms with Gasteiger partial charge in [-0.05, 0) is 39.3 Å². The fourth-order valence-corrected chi connectivity index (χ4v) is 2.31. The van der Waals surface area contributed by atoms with E-state index in [0.29, 0.717) is 12.1 Å². The predicted octanol–water partition coefficient (Wildman–Crippen LogP) is 1.95. The number of aryl methyl sites for hydroxylation is 1. The molecule has 0 aliphatic carbocycles. The summed E-state index contributed by atoms with van der Waals surface area (Å²) in [7, 11) is 1.68. The van der Waals surface area contributed by atoms with Crippen LogP contribution in [0.2, 0.25) is 0 Å². The fraction of sp³-hybridized carbons (Fsp3) is 0.615. The van der Waals surface area contributed by atoms with Gasteiger partial charge in [0.25, 0.3) is 0 Å². The molecule has 2 N–H and O–H groups in total. The van der Waals surface area contributed by atoms with Gasteiger partial charge < -0.3 is 15.4 Å². The van der Waals surface area contributed by atoms with Gasteiger partial charge in [-0.25, -0.2) is 0 Å². The molecular weight excluding hydrogens is 214 g/mol. The second-order valence-electron chi connectivity index (χ2n) is 4.75. The third kappa shape index (κ3) is 3.09. The first-order valence-electron chi connectivity index (χ1n) is 6.19. The molecule has 2 unspecified atom stereocenters. The Balaban J connectivity index is 2.08. The number of anilines is 1. The summed E-state index contributed by atoms with van der Waals surface area (Å²) in [6.07, 6.45) is 4.07. The van der Waals surface area contributed by atoms with Crippen molar-refractivity contribution in [3.63, 3.8) is 0 Å². The van der Waals surface area contributed by atoms with Gasteiger partial charge in [0.15, 0.2) is 5.75 Å². The Kier molecular flexibility index (Phi) is 3.84. The largest absolute Gasteiger partial charge is 0.493 e. The van der Waals surface area contributed by atoms with Gasteiger partial charge in [-0.15, -0.1) is 0 Å². The summed E-state index contributed by atoms with van der Waals surface area (Å²) in [5.74, 6) is 0.821. The highest BCUT2D eigenvalue weighted by molar-refractivity contribution is 5.56. The number of nitrogens with one attached hydrogen (secondary N) is 2. The molecule has 0 spiro atoms. The van der Waals surface area contributed by atoms with E-state index in [0.717, 1.165) is 36.5 Å². The summed E-state index contributed by atoms with van der Waals surface area (Å²) in [6.45, 7) is 5.30. The molecule has 2 atom stereocenters. The van der Waals surface area contributed by atoms with Gasteiger partial charge in [0.2, 0.25) is 0 Å². The van der Waals surface area contributed by atoms with Gasteiger partial charge in [-0.3, -0.25) is 4.98 Å². The lowest BCUT2D eigenvalue weighted by Crippen LogP contribution is -2.41. The van der Waals surface area contributed by atoms with Crippen LogP contribution in [0, 0.1) is 6.92 Å². The molecular formula is C13H21N3O. The van der Waals surface area contributed by atoms with Gasteiger partial charge in [0.1, 0.15) is 0 Å². The number of methoxy groups -OCH3 is 1. The van der Waals surface area contributed by atoms with Gasteiger partial charge in [-0.2, -0.15) is 0 Å². The standard InChI is InChI=1S/C13H21N3O/c1-9-6-11(4-5-14-9)16-12-7-10(2)15-8-13(12)17-3/h7-9,11,14H,4-6H2,1-3H3,(H,15,16). The van der Waals surface area contributed by atoms with Gasteiger partial charge >= 0.3 is 0 Å². The topological polar surface area (TPSA) is 46.2 Å². The minimum atomic E-state index is 0.516. The van der Waals surface area contributed by atoms with Crippen molar-refractivity contribution in [2.75, 3.05) is 19.0 Å². The second kappa shape index (κ2) is 5.36. The zero-order valence-electron chi connectivity index (χ0n) is 10.8. The SMILES string of the molecule is COc1cnc(C)cc1NC1CCNC(C)C1. The number of piperidine rings is 1. The van der Waals surface area contributed by atoms with Crippen molar-refractivity contribution in [3.05, 3.63) is 18.0 Å². The van der Waals surface area contributed by atoms with Crippen LogP contribution in [0.4, 0.5) is 5.69 Å². The number of nitrogens with zero attached hydrogens (tertiary/aromatic N) is 1. The van der Waals surface area contributed by atoms with Crippen LogP contribution in [-0.4, -0.2) is 30.7 Å². The van der Waals surface area contributed by atoms with Crippen molar-refractivity contribution in [2.24, 2.45) is 0 Å². The zero-order valence-corrected chi connectivity index (χ0v) is 10.8. The first kappa shape index (κ1) is 12.2. The molecule has 94 valence electrons.